The summed E-state index contributed by atoms with van der Waals surface area (Å²) in [5.74, 6) is -1.97. The van der Waals surface area contributed by atoms with Crippen molar-refractivity contribution in [1.82, 2.24) is 4.98 Å². The van der Waals surface area contributed by atoms with Gasteiger partial charge in [0, 0.05) is 15.8 Å². The predicted octanol–water partition coefficient (Wildman–Crippen LogP) is 3.75. The fourth-order valence-electron chi connectivity index (χ4n) is 2.45. The Balaban J connectivity index is 1.84. The maximum absolute atomic E-state index is 13.9. The summed E-state index contributed by atoms with van der Waals surface area (Å²) in [5, 5.41) is 5.96. The van der Waals surface area contributed by atoms with E-state index >= 15 is 0 Å². The summed E-state index contributed by atoms with van der Waals surface area (Å²) in [6.45, 7) is -0.260. The van der Waals surface area contributed by atoms with Crippen LogP contribution in [0.15, 0.2) is 52.3 Å². The highest BCUT2D eigenvalue weighted by Gasteiger charge is 2.19. The number of esters is 1. The lowest BCUT2D eigenvalue weighted by atomic mass is 10.1. The molecule has 0 saturated carbocycles. The van der Waals surface area contributed by atoms with Gasteiger partial charge in [-0.3, -0.25) is 0 Å². The number of carbonyl (C=O) groups excluding carboxylic acids is 1. The van der Waals surface area contributed by atoms with Gasteiger partial charge in [0.1, 0.15) is 17.6 Å². The van der Waals surface area contributed by atoms with Gasteiger partial charge in [0.25, 0.3) is 0 Å². The maximum Gasteiger partial charge on any atom is 0.341 e. The van der Waals surface area contributed by atoms with E-state index in [4.69, 9.17) is 21.5 Å². The SMILES string of the molecule is CSc1ccc2cc(COC(=O)c3cc(S(N)(=O)=O)ccc3F)c(Cl)nc2c1. The Hall–Kier alpha value is -2.20. The number of thioether (sulfide) groups is 1. The van der Waals surface area contributed by atoms with Crippen LogP contribution in [-0.4, -0.2) is 25.6 Å². The van der Waals surface area contributed by atoms with Gasteiger partial charge in [-0.05, 0) is 42.7 Å². The second-order valence-electron chi connectivity index (χ2n) is 5.76. The lowest BCUT2D eigenvalue weighted by Crippen LogP contribution is -2.15. The molecular formula is C18H14ClFN2O4S2. The van der Waals surface area contributed by atoms with Gasteiger partial charge in [-0.2, -0.15) is 0 Å². The molecule has 1 heterocycles. The molecule has 0 radical (unpaired) electrons. The highest BCUT2D eigenvalue weighted by atomic mass is 35.5. The summed E-state index contributed by atoms with van der Waals surface area (Å²) in [5.41, 5.74) is 0.585. The number of ether oxygens (including phenoxy) is 1. The summed E-state index contributed by atoms with van der Waals surface area (Å²) in [7, 11) is -4.09. The minimum atomic E-state index is -4.09. The molecule has 3 rings (SSSR count). The lowest BCUT2D eigenvalue weighted by Gasteiger charge is -2.09. The quantitative estimate of drug-likeness (QED) is 0.368. The summed E-state index contributed by atoms with van der Waals surface area (Å²) in [4.78, 5) is 17.1. The van der Waals surface area contributed by atoms with Crippen LogP contribution in [0.4, 0.5) is 4.39 Å². The summed E-state index contributed by atoms with van der Waals surface area (Å²) in [6.07, 6.45) is 1.95. The highest BCUT2D eigenvalue weighted by Crippen LogP contribution is 2.25. The second kappa shape index (κ2) is 8.04. The molecule has 1 aromatic heterocycles. The Morgan fingerprint density at radius 2 is 2.00 bits per heavy atom. The van der Waals surface area contributed by atoms with Gasteiger partial charge < -0.3 is 4.74 Å². The van der Waals surface area contributed by atoms with E-state index < -0.39 is 32.3 Å². The number of pyridine rings is 1. The van der Waals surface area contributed by atoms with Crippen LogP contribution < -0.4 is 5.14 Å². The predicted molar refractivity (Wildman–Crippen MR) is 105 cm³/mol. The van der Waals surface area contributed by atoms with Crippen LogP contribution in [-0.2, 0) is 21.4 Å². The smallest absolute Gasteiger partial charge is 0.341 e. The normalized spacial score (nSPS) is 11.6. The van der Waals surface area contributed by atoms with Crippen LogP contribution in [0.1, 0.15) is 15.9 Å². The zero-order valence-corrected chi connectivity index (χ0v) is 16.9. The summed E-state index contributed by atoms with van der Waals surface area (Å²) >= 11 is 7.74. The first-order valence-electron chi connectivity index (χ1n) is 7.81. The molecule has 0 bridgehead atoms. The van der Waals surface area contributed by atoms with E-state index in [1.54, 1.807) is 17.8 Å². The monoisotopic (exact) mass is 440 g/mol. The first-order chi connectivity index (χ1) is 13.2. The standard InChI is InChI=1S/C18H14ClFN2O4S2/c1-27-12-3-2-10-6-11(17(19)22-16(10)7-12)9-26-18(23)14-8-13(28(21,24)25)4-5-15(14)20/h2-8H,9H2,1H3,(H2,21,24,25). The third-order valence-corrected chi connectivity index (χ3v) is 5.86. The van der Waals surface area contributed by atoms with Gasteiger partial charge in [0.2, 0.25) is 10.0 Å². The summed E-state index contributed by atoms with van der Waals surface area (Å²) in [6, 6.07) is 10.0. The Kier molecular flexibility index (Phi) is 5.90. The van der Waals surface area contributed by atoms with Crippen molar-refractivity contribution in [3.05, 3.63) is 64.6 Å². The largest absolute Gasteiger partial charge is 0.457 e. The molecule has 28 heavy (non-hydrogen) atoms. The number of hydrogen-bond donors (Lipinski definition) is 1. The number of sulfonamides is 1. The fraction of sp³-hybridized carbons (Fsp3) is 0.111. The molecular weight excluding hydrogens is 427 g/mol. The van der Waals surface area contributed by atoms with E-state index in [1.807, 2.05) is 24.5 Å². The number of benzene rings is 2. The van der Waals surface area contributed by atoms with Crippen molar-refractivity contribution in [3.63, 3.8) is 0 Å². The number of nitrogens with two attached hydrogens (primary N) is 1. The Morgan fingerprint density at radius 1 is 1.25 bits per heavy atom. The molecule has 0 spiro atoms. The van der Waals surface area contributed by atoms with Gasteiger partial charge in [-0.15, -0.1) is 11.8 Å². The number of primary sulfonamides is 1. The van der Waals surface area contributed by atoms with Gasteiger partial charge >= 0.3 is 5.97 Å². The molecule has 0 amide bonds. The van der Waals surface area contributed by atoms with E-state index in [9.17, 15) is 17.6 Å². The van der Waals surface area contributed by atoms with Crippen LogP contribution in [0.3, 0.4) is 0 Å². The molecule has 0 aliphatic heterocycles. The van der Waals surface area contributed by atoms with E-state index in [2.05, 4.69) is 4.98 Å². The van der Waals surface area contributed by atoms with E-state index in [-0.39, 0.29) is 11.8 Å². The van der Waals surface area contributed by atoms with Crippen molar-refractivity contribution < 1.29 is 22.3 Å². The number of carbonyl (C=O) groups is 1. The number of fused-ring (bicyclic) bond motifs is 1. The molecule has 0 aliphatic rings. The highest BCUT2D eigenvalue weighted by molar-refractivity contribution is 7.98. The number of halogens is 2. The summed E-state index contributed by atoms with van der Waals surface area (Å²) < 4.78 is 41.8. The van der Waals surface area contributed by atoms with Gasteiger partial charge in [0.05, 0.1) is 16.0 Å². The van der Waals surface area contributed by atoms with Crippen LogP contribution in [0.2, 0.25) is 5.15 Å². The van der Waals surface area contributed by atoms with Gasteiger partial charge in [-0.1, -0.05) is 17.7 Å². The van der Waals surface area contributed by atoms with Crippen molar-refractivity contribution >= 4 is 50.3 Å². The number of nitrogens with zero attached hydrogens (tertiary/aromatic N) is 1. The minimum Gasteiger partial charge on any atom is -0.457 e. The molecule has 2 aromatic carbocycles. The van der Waals surface area contributed by atoms with Crippen molar-refractivity contribution in [2.45, 2.75) is 16.4 Å². The zero-order chi connectivity index (χ0) is 20.5. The lowest BCUT2D eigenvalue weighted by molar-refractivity contribution is 0.0467. The molecule has 0 unspecified atom stereocenters. The molecule has 10 heteroatoms. The second-order valence-corrected chi connectivity index (χ2v) is 8.56. The molecule has 0 aliphatic carbocycles. The Morgan fingerprint density at radius 3 is 2.68 bits per heavy atom. The average molecular weight is 441 g/mol. The Labute approximate surface area is 169 Å². The first-order valence-corrected chi connectivity index (χ1v) is 11.0. The van der Waals surface area contributed by atoms with Crippen molar-refractivity contribution in [2.75, 3.05) is 6.26 Å². The molecule has 3 aromatic rings. The topological polar surface area (TPSA) is 99.4 Å². The average Bonchev–Trinajstić information content (AvgIpc) is 2.65. The molecule has 0 atom stereocenters. The molecule has 6 nitrogen and oxygen atoms in total. The minimum absolute atomic E-state index is 0.150. The fourth-order valence-corrected chi connectivity index (χ4v) is 3.63. The van der Waals surface area contributed by atoms with E-state index in [0.29, 0.717) is 11.1 Å². The van der Waals surface area contributed by atoms with Crippen LogP contribution in [0.5, 0.6) is 0 Å². The van der Waals surface area contributed by atoms with E-state index in [0.717, 1.165) is 28.5 Å². The van der Waals surface area contributed by atoms with Crippen molar-refractivity contribution in [3.8, 4) is 0 Å². The Bertz CT molecular complexity index is 1190. The molecule has 2 N–H and O–H groups in total. The maximum atomic E-state index is 13.9. The van der Waals surface area contributed by atoms with E-state index in [1.165, 1.54) is 0 Å². The zero-order valence-electron chi connectivity index (χ0n) is 14.5. The first kappa shape index (κ1) is 20.5. The molecule has 0 saturated heterocycles. The van der Waals surface area contributed by atoms with Crippen molar-refractivity contribution in [2.24, 2.45) is 5.14 Å². The number of hydrogen-bond acceptors (Lipinski definition) is 6. The van der Waals surface area contributed by atoms with Crippen LogP contribution >= 0.6 is 23.4 Å². The molecule has 0 fully saturated rings. The third kappa shape index (κ3) is 4.44. The third-order valence-electron chi connectivity index (χ3n) is 3.90. The van der Waals surface area contributed by atoms with Crippen LogP contribution in [0.25, 0.3) is 10.9 Å². The number of aromatic nitrogens is 1. The van der Waals surface area contributed by atoms with Crippen LogP contribution in [0, 0.1) is 5.82 Å². The van der Waals surface area contributed by atoms with Crippen molar-refractivity contribution in [1.29, 1.82) is 0 Å². The van der Waals surface area contributed by atoms with Gasteiger partial charge in [0.15, 0.2) is 0 Å². The molecule has 146 valence electrons. The number of rotatable bonds is 5. The van der Waals surface area contributed by atoms with Gasteiger partial charge in [-0.25, -0.2) is 27.7 Å².